The second-order valence-electron chi connectivity index (χ2n) is 8.48. The van der Waals surface area contributed by atoms with Gasteiger partial charge in [-0.1, -0.05) is 12.5 Å². The number of benzene rings is 2. The van der Waals surface area contributed by atoms with Crippen molar-refractivity contribution in [3.8, 4) is 5.75 Å². The lowest BCUT2D eigenvalue weighted by atomic mass is 10.1. The van der Waals surface area contributed by atoms with Crippen LogP contribution in [0.2, 0.25) is 0 Å². The Morgan fingerprint density at radius 1 is 1.06 bits per heavy atom. The van der Waals surface area contributed by atoms with Crippen LogP contribution in [0.4, 0.5) is 0 Å². The maximum absolute atomic E-state index is 8.89. The molecule has 0 saturated carbocycles. The zero-order valence-corrected chi connectivity index (χ0v) is 19.1. The summed E-state index contributed by atoms with van der Waals surface area (Å²) in [5.74, 6) is -0.175. The molecule has 0 bridgehead atoms. The number of carboxylic acids is 1. The number of carbonyl (C=O) groups excluding carboxylic acids is 1. The van der Waals surface area contributed by atoms with Gasteiger partial charge in [0.25, 0.3) is 0 Å². The number of aromatic nitrogens is 2. The average molecular weight is 434 g/mol. The van der Waals surface area contributed by atoms with Crippen LogP contribution in [-0.4, -0.2) is 42.2 Å². The number of hydrogen-bond donors (Lipinski definition) is 0. The molecule has 1 fully saturated rings. The van der Waals surface area contributed by atoms with Crippen molar-refractivity contribution in [1.29, 1.82) is 0 Å². The molecule has 1 aliphatic heterocycles. The molecule has 6 nitrogen and oxygen atoms in total. The van der Waals surface area contributed by atoms with Crippen molar-refractivity contribution in [3.05, 3.63) is 48.8 Å². The van der Waals surface area contributed by atoms with E-state index in [0.29, 0.717) is 0 Å². The number of carbonyl (C=O) groups is 1. The number of piperidine rings is 1. The second kappa shape index (κ2) is 9.57. The van der Waals surface area contributed by atoms with Gasteiger partial charge in [-0.3, -0.25) is 4.90 Å². The number of rotatable bonds is 4. The van der Waals surface area contributed by atoms with E-state index in [1.807, 2.05) is 6.07 Å². The summed E-state index contributed by atoms with van der Waals surface area (Å²) in [5, 5.41) is 14.1. The molecule has 6 heteroatoms. The Hall–Kier alpha value is -3.12. The van der Waals surface area contributed by atoms with Gasteiger partial charge in [-0.15, -0.1) is 0 Å². The van der Waals surface area contributed by atoms with Crippen LogP contribution in [0, 0.1) is 0 Å². The summed E-state index contributed by atoms with van der Waals surface area (Å²) in [6, 6.07) is 13.1. The summed E-state index contributed by atoms with van der Waals surface area (Å²) in [6.45, 7) is 5.65. The van der Waals surface area contributed by atoms with Gasteiger partial charge in [-0.25, -0.2) is 4.57 Å². The smallest absolute Gasteiger partial charge is 0.177 e. The minimum absolute atomic E-state index is 0.908. The summed E-state index contributed by atoms with van der Waals surface area (Å²) < 4.78 is 10.1. The van der Waals surface area contributed by atoms with Gasteiger partial charge in [0.2, 0.25) is 0 Å². The molecule has 168 valence electrons. The first kappa shape index (κ1) is 22.1. The van der Waals surface area contributed by atoms with E-state index in [9.17, 15) is 0 Å². The van der Waals surface area contributed by atoms with Crippen LogP contribution >= 0.6 is 0 Å². The van der Waals surface area contributed by atoms with E-state index in [1.54, 1.807) is 7.11 Å². The molecule has 2 aromatic carbocycles. The molecular weight excluding hydrogens is 402 g/mol. The first-order valence-corrected chi connectivity index (χ1v) is 11.3. The van der Waals surface area contributed by atoms with E-state index in [1.165, 1.54) is 64.9 Å². The van der Waals surface area contributed by atoms with Crippen LogP contribution in [-0.2, 0) is 18.4 Å². The molecule has 0 spiro atoms. The van der Waals surface area contributed by atoms with Crippen molar-refractivity contribution in [2.45, 2.75) is 32.7 Å². The fourth-order valence-electron chi connectivity index (χ4n) is 4.70. The third kappa shape index (κ3) is 4.55. The second-order valence-corrected chi connectivity index (χ2v) is 8.48. The number of methoxy groups -OCH3 is 1. The summed E-state index contributed by atoms with van der Waals surface area (Å²) >= 11 is 0. The summed E-state index contributed by atoms with van der Waals surface area (Å²) in [5.41, 5.74) is 2.51. The quantitative estimate of drug-likeness (QED) is 0.464. The molecule has 5 rings (SSSR count). The normalized spacial score (nSPS) is 14.5. The van der Waals surface area contributed by atoms with Gasteiger partial charge >= 0.3 is 0 Å². The Morgan fingerprint density at radius 3 is 2.50 bits per heavy atom. The van der Waals surface area contributed by atoms with Crippen LogP contribution in [0.1, 0.15) is 26.2 Å². The highest BCUT2D eigenvalue weighted by Crippen LogP contribution is 2.35. The number of likely N-dealkylation sites (tertiary alicyclic amines) is 1. The predicted molar refractivity (Wildman–Crippen MR) is 126 cm³/mol. The molecular formula is C26H31N3O3. The predicted octanol–water partition coefficient (Wildman–Crippen LogP) is 3.02. The molecule has 0 radical (unpaired) electrons. The van der Waals surface area contributed by atoms with Crippen molar-refractivity contribution in [1.82, 2.24) is 9.47 Å². The number of carboxylic acid groups (broad SMARTS) is 1. The molecule has 32 heavy (non-hydrogen) atoms. The zero-order valence-electron chi connectivity index (χ0n) is 19.1. The fraction of sp³-hybridized carbons (Fsp3) is 0.385. The van der Waals surface area contributed by atoms with Crippen molar-refractivity contribution in [3.63, 3.8) is 0 Å². The van der Waals surface area contributed by atoms with Crippen LogP contribution in [0.15, 0.2) is 48.8 Å². The molecule has 2 aromatic heterocycles. The number of fused-ring (bicyclic) bond motifs is 5. The Labute approximate surface area is 188 Å². The molecule has 3 heterocycles. The van der Waals surface area contributed by atoms with Gasteiger partial charge in [0, 0.05) is 40.9 Å². The number of aryl methyl sites for hydroxylation is 1. The molecule has 0 N–H and O–H groups in total. The summed E-state index contributed by atoms with van der Waals surface area (Å²) in [7, 11) is 3.88. The number of ether oxygens (including phenoxy) is 1. The van der Waals surface area contributed by atoms with Crippen LogP contribution < -0.4 is 14.4 Å². The Bertz CT molecular complexity index is 1250. The van der Waals surface area contributed by atoms with Crippen LogP contribution in [0.3, 0.4) is 0 Å². The number of aliphatic carboxylic acids is 1. The highest BCUT2D eigenvalue weighted by Gasteiger charge is 2.16. The van der Waals surface area contributed by atoms with E-state index in [0.717, 1.165) is 25.8 Å². The van der Waals surface area contributed by atoms with Crippen molar-refractivity contribution in [2.24, 2.45) is 7.05 Å². The highest BCUT2D eigenvalue weighted by atomic mass is 16.5. The maximum Gasteiger partial charge on any atom is 0.177 e. The SMILES string of the molecule is CC(=O)[O-].COc1ccc2c(c1)c1c3c[n+](CCN4CCCCC4)ccc3ccc1n2C. The first-order chi connectivity index (χ1) is 15.5. The molecule has 4 aromatic rings. The maximum atomic E-state index is 8.89. The van der Waals surface area contributed by atoms with E-state index in [4.69, 9.17) is 14.6 Å². The summed E-state index contributed by atoms with van der Waals surface area (Å²) in [6.07, 6.45) is 8.65. The fourth-order valence-corrected chi connectivity index (χ4v) is 4.70. The number of hydrogen-bond acceptors (Lipinski definition) is 4. The molecule has 1 aliphatic rings. The first-order valence-electron chi connectivity index (χ1n) is 11.3. The lowest BCUT2D eigenvalue weighted by Crippen LogP contribution is -2.41. The lowest BCUT2D eigenvalue weighted by molar-refractivity contribution is -0.695. The molecule has 0 atom stereocenters. The van der Waals surface area contributed by atoms with Crippen molar-refractivity contribution in [2.75, 3.05) is 26.7 Å². The van der Waals surface area contributed by atoms with Gasteiger partial charge < -0.3 is 19.2 Å². The highest BCUT2D eigenvalue weighted by molar-refractivity contribution is 6.20. The standard InChI is InChI=1S/C24H28N3O.C2H4O2/c1-25-22-9-7-19(28-2)16-20(22)24-21-17-27(13-10-18(21)6-8-23(24)25)15-14-26-11-4-3-5-12-26;1-2(3)4/h6-10,13,16-17H,3-5,11-12,14-15H2,1-2H3;1H3,(H,3,4)/q+1;/p-1. The summed E-state index contributed by atoms with van der Waals surface area (Å²) in [4.78, 5) is 11.5. The minimum atomic E-state index is -1.08. The Balaban J connectivity index is 0.000000567. The minimum Gasteiger partial charge on any atom is -0.550 e. The van der Waals surface area contributed by atoms with Gasteiger partial charge in [0.1, 0.15) is 5.75 Å². The van der Waals surface area contributed by atoms with Gasteiger partial charge in [0.15, 0.2) is 18.9 Å². The monoisotopic (exact) mass is 433 g/mol. The topological polar surface area (TPSA) is 61.4 Å². The van der Waals surface area contributed by atoms with E-state index < -0.39 is 5.97 Å². The van der Waals surface area contributed by atoms with Crippen LogP contribution in [0.25, 0.3) is 32.6 Å². The van der Waals surface area contributed by atoms with Gasteiger partial charge in [-0.2, -0.15) is 0 Å². The lowest BCUT2D eigenvalue weighted by Gasteiger charge is -2.24. The molecule has 0 unspecified atom stereocenters. The molecule has 0 aliphatic carbocycles. The Kier molecular flexibility index (Phi) is 6.61. The zero-order chi connectivity index (χ0) is 22.7. The van der Waals surface area contributed by atoms with E-state index in [2.05, 4.69) is 63.8 Å². The van der Waals surface area contributed by atoms with E-state index >= 15 is 0 Å². The molecule has 0 amide bonds. The average Bonchev–Trinajstić information content (AvgIpc) is 3.09. The largest absolute Gasteiger partial charge is 0.550 e. The van der Waals surface area contributed by atoms with Crippen LogP contribution in [0.5, 0.6) is 5.75 Å². The van der Waals surface area contributed by atoms with Gasteiger partial charge in [0.05, 0.1) is 19.0 Å². The number of pyridine rings is 1. The Morgan fingerprint density at radius 2 is 1.78 bits per heavy atom. The van der Waals surface area contributed by atoms with Crippen molar-refractivity contribution >= 4 is 38.5 Å². The third-order valence-corrected chi connectivity index (χ3v) is 6.32. The third-order valence-electron chi connectivity index (χ3n) is 6.32. The molecule has 1 saturated heterocycles. The van der Waals surface area contributed by atoms with Crippen molar-refractivity contribution < 1.29 is 19.2 Å². The van der Waals surface area contributed by atoms with Gasteiger partial charge in [-0.05, 0) is 62.5 Å². The number of nitrogens with zero attached hydrogens (tertiary/aromatic N) is 3. The van der Waals surface area contributed by atoms with E-state index in [-0.39, 0.29) is 0 Å².